The molecule has 1 aromatic heterocycles. The summed E-state index contributed by atoms with van der Waals surface area (Å²) in [5, 5.41) is 0. The van der Waals surface area contributed by atoms with Crippen LogP contribution in [0.25, 0.3) is 0 Å². The molecular weight excluding hydrogens is 347 g/mol. The zero-order chi connectivity index (χ0) is 14.8. The van der Waals surface area contributed by atoms with E-state index in [4.69, 9.17) is 41.2 Å². The van der Waals surface area contributed by atoms with Crippen LogP contribution in [0.15, 0.2) is 11.0 Å². The summed E-state index contributed by atoms with van der Waals surface area (Å²) in [6.45, 7) is 4.05. The number of thiophene rings is 1. The summed E-state index contributed by atoms with van der Waals surface area (Å²) in [6, 6.07) is 1.36. The lowest BCUT2D eigenvalue weighted by atomic mass is 10.2. The molecule has 9 heteroatoms. The van der Waals surface area contributed by atoms with E-state index in [1.54, 1.807) is 13.8 Å². The SMILES string of the molecule is CCN(CC(C)C(N)=S)S(=O)(=O)c1cc(Cl)sc1Cl. The number of sulfonamides is 1. The molecule has 0 fully saturated rings. The number of rotatable bonds is 6. The standard InChI is InChI=1S/C10H14Cl2N2O2S3/c1-3-14(5-6(2)10(13)17)19(15,16)7-4-8(11)18-9(7)12/h4,6H,3,5H2,1-2H3,(H2,13,17). The van der Waals surface area contributed by atoms with E-state index < -0.39 is 10.0 Å². The highest BCUT2D eigenvalue weighted by atomic mass is 35.5. The van der Waals surface area contributed by atoms with Gasteiger partial charge in [0.15, 0.2) is 0 Å². The van der Waals surface area contributed by atoms with Crippen molar-refractivity contribution in [2.45, 2.75) is 18.7 Å². The summed E-state index contributed by atoms with van der Waals surface area (Å²) in [4.78, 5) is 0.309. The maximum Gasteiger partial charge on any atom is 0.245 e. The zero-order valence-corrected chi connectivity index (χ0v) is 14.4. The van der Waals surface area contributed by atoms with Gasteiger partial charge in [-0.25, -0.2) is 8.42 Å². The van der Waals surface area contributed by atoms with Gasteiger partial charge in [0.1, 0.15) is 9.23 Å². The molecule has 19 heavy (non-hydrogen) atoms. The molecular formula is C10H14Cl2N2O2S3. The molecule has 2 N–H and O–H groups in total. The van der Waals surface area contributed by atoms with E-state index in [0.717, 1.165) is 11.3 Å². The van der Waals surface area contributed by atoms with Crippen LogP contribution in [-0.2, 0) is 10.0 Å². The largest absolute Gasteiger partial charge is 0.393 e. The van der Waals surface area contributed by atoms with Crippen molar-refractivity contribution in [3.8, 4) is 0 Å². The smallest absolute Gasteiger partial charge is 0.245 e. The third-order valence-corrected chi connectivity index (χ3v) is 6.66. The van der Waals surface area contributed by atoms with E-state index >= 15 is 0 Å². The Morgan fingerprint density at radius 2 is 2.16 bits per heavy atom. The minimum absolute atomic E-state index is 0.0288. The van der Waals surface area contributed by atoms with E-state index in [0.29, 0.717) is 10.9 Å². The average Bonchev–Trinajstić information content (AvgIpc) is 2.65. The van der Waals surface area contributed by atoms with Crippen molar-refractivity contribution in [3.05, 3.63) is 14.7 Å². The molecule has 0 saturated heterocycles. The Morgan fingerprint density at radius 1 is 1.58 bits per heavy atom. The molecule has 4 nitrogen and oxygen atoms in total. The van der Waals surface area contributed by atoms with Gasteiger partial charge in [-0.2, -0.15) is 4.31 Å². The van der Waals surface area contributed by atoms with Gasteiger partial charge >= 0.3 is 0 Å². The van der Waals surface area contributed by atoms with E-state index in [9.17, 15) is 8.42 Å². The van der Waals surface area contributed by atoms with Crippen LogP contribution in [0.5, 0.6) is 0 Å². The molecule has 1 heterocycles. The van der Waals surface area contributed by atoms with Gasteiger partial charge in [-0.05, 0) is 6.07 Å². The lowest BCUT2D eigenvalue weighted by Gasteiger charge is -2.23. The van der Waals surface area contributed by atoms with Gasteiger partial charge < -0.3 is 5.73 Å². The molecule has 0 aliphatic heterocycles. The second-order valence-electron chi connectivity index (χ2n) is 3.95. The van der Waals surface area contributed by atoms with E-state index in [2.05, 4.69) is 0 Å². The van der Waals surface area contributed by atoms with Gasteiger partial charge in [0.2, 0.25) is 10.0 Å². The van der Waals surface area contributed by atoms with Crippen molar-refractivity contribution in [1.82, 2.24) is 4.31 Å². The lowest BCUT2D eigenvalue weighted by Crippen LogP contribution is -2.38. The highest BCUT2D eigenvalue weighted by molar-refractivity contribution is 7.89. The fourth-order valence-corrected chi connectivity index (χ4v) is 5.16. The van der Waals surface area contributed by atoms with Gasteiger partial charge in [0.05, 0.1) is 9.32 Å². The number of hydrogen-bond acceptors (Lipinski definition) is 4. The molecule has 0 radical (unpaired) electrons. The van der Waals surface area contributed by atoms with E-state index in [1.807, 2.05) is 0 Å². The quantitative estimate of drug-likeness (QED) is 0.792. The lowest BCUT2D eigenvalue weighted by molar-refractivity contribution is 0.405. The number of nitrogens with zero attached hydrogens (tertiary/aromatic N) is 1. The Bertz CT molecular complexity index is 571. The van der Waals surface area contributed by atoms with Crippen LogP contribution < -0.4 is 5.73 Å². The van der Waals surface area contributed by atoms with Crippen LogP contribution in [0.4, 0.5) is 0 Å². The molecule has 0 aliphatic carbocycles. The van der Waals surface area contributed by atoms with Gasteiger partial charge in [-0.3, -0.25) is 0 Å². The first-order chi connectivity index (χ1) is 8.70. The Kier molecular flexibility index (Phi) is 6.03. The second-order valence-corrected chi connectivity index (χ2v) is 8.61. The first-order valence-electron chi connectivity index (χ1n) is 5.44. The fourth-order valence-electron chi connectivity index (χ4n) is 1.43. The summed E-state index contributed by atoms with van der Waals surface area (Å²) in [5.41, 5.74) is 5.52. The van der Waals surface area contributed by atoms with Crippen LogP contribution in [0.2, 0.25) is 8.67 Å². The topological polar surface area (TPSA) is 63.4 Å². The second kappa shape index (κ2) is 6.69. The van der Waals surface area contributed by atoms with Crippen molar-refractivity contribution in [1.29, 1.82) is 0 Å². The van der Waals surface area contributed by atoms with Gasteiger partial charge in [-0.1, -0.05) is 49.3 Å². The predicted molar refractivity (Wildman–Crippen MR) is 84.7 cm³/mol. The monoisotopic (exact) mass is 360 g/mol. The fraction of sp³-hybridized carbons (Fsp3) is 0.500. The summed E-state index contributed by atoms with van der Waals surface area (Å²) in [5.74, 6) is -0.211. The normalized spacial score (nSPS) is 13.7. The van der Waals surface area contributed by atoms with E-state index in [-0.39, 0.29) is 26.7 Å². The van der Waals surface area contributed by atoms with Crippen LogP contribution in [0.1, 0.15) is 13.8 Å². The molecule has 0 saturated carbocycles. The van der Waals surface area contributed by atoms with Crippen molar-refractivity contribution < 1.29 is 8.42 Å². The van der Waals surface area contributed by atoms with Gasteiger partial charge in [0, 0.05) is 19.0 Å². The molecule has 0 bridgehead atoms. The minimum Gasteiger partial charge on any atom is -0.393 e. The number of nitrogens with two attached hydrogens (primary N) is 1. The predicted octanol–water partition coefficient (Wildman–Crippen LogP) is 2.99. The molecule has 108 valence electrons. The average molecular weight is 361 g/mol. The Hall–Kier alpha value is 0.0800. The highest BCUT2D eigenvalue weighted by Gasteiger charge is 2.29. The summed E-state index contributed by atoms with van der Waals surface area (Å²) in [6.07, 6.45) is 0. The van der Waals surface area contributed by atoms with Crippen molar-refractivity contribution >= 4 is 61.8 Å². The summed E-state index contributed by atoms with van der Waals surface area (Å²) >= 11 is 17.6. The van der Waals surface area contributed by atoms with Crippen molar-refractivity contribution in [2.75, 3.05) is 13.1 Å². The van der Waals surface area contributed by atoms with Crippen molar-refractivity contribution in [3.63, 3.8) is 0 Å². The molecule has 0 spiro atoms. The van der Waals surface area contributed by atoms with Crippen LogP contribution >= 0.6 is 46.8 Å². The zero-order valence-electron chi connectivity index (χ0n) is 10.4. The number of hydrogen-bond donors (Lipinski definition) is 1. The van der Waals surface area contributed by atoms with Gasteiger partial charge in [0.25, 0.3) is 0 Å². The summed E-state index contributed by atoms with van der Waals surface area (Å²) < 4.78 is 26.7. The molecule has 1 unspecified atom stereocenters. The maximum absolute atomic E-state index is 12.5. The third kappa shape index (κ3) is 4.03. The maximum atomic E-state index is 12.5. The van der Waals surface area contributed by atoms with Crippen molar-refractivity contribution in [2.24, 2.45) is 11.7 Å². The highest BCUT2D eigenvalue weighted by Crippen LogP contribution is 2.35. The van der Waals surface area contributed by atoms with Crippen LogP contribution in [0.3, 0.4) is 0 Å². The first-order valence-corrected chi connectivity index (χ1v) is 8.86. The summed E-state index contributed by atoms with van der Waals surface area (Å²) in [7, 11) is -3.68. The van der Waals surface area contributed by atoms with Crippen LogP contribution in [-0.4, -0.2) is 30.8 Å². The molecule has 1 atom stereocenters. The van der Waals surface area contributed by atoms with Gasteiger partial charge in [-0.15, -0.1) is 11.3 Å². The molecule has 0 amide bonds. The minimum atomic E-state index is -3.68. The Balaban J connectivity index is 3.09. The first kappa shape index (κ1) is 17.1. The molecule has 0 aromatic carbocycles. The molecule has 0 aliphatic rings. The number of thiocarbonyl (C=S) groups is 1. The Labute approximate surface area is 132 Å². The Morgan fingerprint density at radius 3 is 2.53 bits per heavy atom. The number of halogens is 2. The van der Waals surface area contributed by atoms with Crippen LogP contribution in [0, 0.1) is 5.92 Å². The molecule has 1 rings (SSSR count). The molecule has 1 aromatic rings. The third-order valence-electron chi connectivity index (χ3n) is 2.56. The van der Waals surface area contributed by atoms with E-state index in [1.165, 1.54) is 10.4 Å².